The minimum Gasteiger partial charge on any atom is -0.492 e. The SMILES string of the molecule is C=CCn1c(CCCOc2ccc(Cl)cc2Cl)nnc1SCC(=O)Nc1sc2c(c1C(=O)OC)CCCCCC2. The number of aromatic nitrogens is 3. The van der Waals surface area contributed by atoms with Crippen molar-refractivity contribution in [1.82, 2.24) is 14.8 Å². The number of hydrogen-bond acceptors (Lipinski definition) is 8. The number of methoxy groups -OCH3 is 1. The summed E-state index contributed by atoms with van der Waals surface area (Å²) in [5.74, 6) is 0.857. The minimum absolute atomic E-state index is 0.122. The maximum Gasteiger partial charge on any atom is 0.341 e. The van der Waals surface area contributed by atoms with Crippen molar-refractivity contribution in [1.29, 1.82) is 0 Å². The summed E-state index contributed by atoms with van der Waals surface area (Å²) >= 11 is 14.9. The summed E-state index contributed by atoms with van der Waals surface area (Å²) in [6, 6.07) is 5.12. The van der Waals surface area contributed by atoms with E-state index in [1.807, 2.05) is 4.57 Å². The number of nitrogens with zero attached hydrogens (tertiary/aromatic N) is 3. The van der Waals surface area contributed by atoms with E-state index in [-0.39, 0.29) is 11.7 Å². The predicted molar refractivity (Wildman–Crippen MR) is 161 cm³/mol. The first-order valence-electron chi connectivity index (χ1n) is 13.2. The number of carbonyl (C=O) groups is 2. The van der Waals surface area contributed by atoms with E-state index in [9.17, 15) is 9.59 Å². The first-order valence-corrected chi connectivity index (χ1v) is 15.7. The lowest BCUT2D eigenvalue weighted by Gasteiger charge is -2.11. The third-order valence-corrected chi connectivity index (χ3v) is 9.15. The Balaban J connectivity index is 1.36. The molecule has 0 atom stereocenters. The molecule has 4 rings (SSSR count). The number of aryl methyl sites for hydroxylation is 2. The number of anilines is 1. The lowest BCUT2D eigenvalue weighted by molar-refractivity contribution is -0.113. The number of esters is 1. The quantitative estimate of drug-likeness (QED) is 0.100. The predicted octanol–water partition coefficient (Wildman–Crippen LogP) is 7.02. The van der Waals surface area contributed by atoms with E-state index in [0.29, 0.717) is 57.5 Å². The van der Waals surface area contributed by atoms with Crippen LogP contribution in [-0.2, 0) is 35.3 Å². The summed E-state index contributed by atoms with van der Waals surface area (Å²) in [7, 11) is 1.37. The van der Waals surface area contributed by atoms with E-state index in [1.165, 1.54) is 41.5 Å². The molecule has 1 N–H and O–H groups in total. The molecule has 0 unspecified atom stereocenters. The Morgan fingerprint density at radius 2 is 2.00 bits per heavy atom. The van der Waals surface area contributed by atoms with Gasteiger partial charge < -0.3 is 19.4 Å². The number of ether oxygens (including phenoxy) is 2. The van der Waals surface area contributed by atoms with Gasteiger partial charge >= 0.3 is 5.97 Å². The third-order valence-electron chi connectivity index (χ3n) is 6.45. The fourth-order valence-electron chi connectivity index (χ4n) is 4.55. The molecule has 0 saturated carbocycles. The standard InChI is InChI=1S/C28H32Cl2N4O4S2/c1-3-14-34-23(11-8-15-38-21-13-12-18(29)16-20(21)30)32-33-28(34)39-17-24(35)31-26-25(27(36)37-2)19-9-6-4-5-7-10-22(19)40-26/h3,12-13,16H,1,4-11,14-15,17H2,2H3,(H,31,35). The van der Waals surface area contributed by atoms with Crippen molar-refractivity contribution in [3.8, 4) is 5.75 Å². The second-order valence-corrected chi connectivity index (χ2v) is 12.2. The molecular formula is C28H32Cl2N4O4S2. The van der Waals surface area contributed by atoms with Gasteiger partial charge in [0, 0.05) is 22.9 Å². The van der Waals surface area contributed by atoms with E-state index >= 15 is 0 Å². The molecule has 214 valence electrons. The van der Waals surface area contributed by atoms with Gasteiger partial charge in [0.2, 0.25) is 5.91 Å². The second kappa shape index (κ2) is 14.9. The highest BCUT2D eigenvalue weighted by Gasteiger charge is 2.26. The molecule has 0 aliphatic heterocycles. The fourth-order valence-corrected chi connectivity index (χ4v) is 7.07. The number of rotatable bonds is 12. The number of allylic oxidation sites excluding steroid dienone is 1. The molecule has 1 aliphatic carbocycles. The topological polar surface area (TPSA) is 95.3 Å². The van der Waals surface area contributed by atoms with Gasteiger partial charge in [-0.2, -0.15) is 0 Å². The zero-order valence-corrected chi connectivity index (χ0v) is 25.5. The number of nitrogens with one attached hydrogen (secondary N) is 1. The highest BCUT2D eigenvalue weighted by atomic mass is 35.5. The molecule has 0 fully saturated rings. The molecule has 2 heterocycles. The lowest BCUT2D eigenvalue weighted by Crippen LogP contribution is -2.17. The Bertz CT molecular complexity index is 1360. The van der Waals surface area contributed by atoms with E-state index in [4.69, 9.17) is 32.7 Å². The average Bonchev–Trinajstić information content (AvgIpc) is 3.46. The lowest BCUT2D eigenvalue weighted by atomic mass is 9.96. The Labute approximate surface area is 252 Å². The van der Waals surface area contributed by atoms with Crippen LogP contribution in [0.1, 0.15) is 58.7 Å². The van der Waals surface area contributed by atoms with Gasteiger partial charge in [0.05, 0.1) is 30.1 Å². The highest BCUT2D eigenvalue weighted by molar-refractivity contribution is 7.99. The summed E-state index contributed by atoms with van der Waals surface area (Å²) in [4.78, 5) is 26.8. The number of halogens is 2. The Morgan fingerprint density at radius 1 is 1.20 bits per heavy atom. The van der Waals surface area contributed by atoms with Gasteiger partial charge in [0.1, 0.15) is 16.6 Å². The maximum absolute atomic E-state index is 13.0. The van der Waals surface area contributed by atoms with Crippen molar-refractivity contribution < 1.29 is 19.1 Å². The van der Waals surface area contributed by atoms with Crippen LogP contribution in [0.15, 0.2) is 36.0 Å². The molecule has 12 heteroatoms. The Morgan fingerprint density at radius 3 is 2.75 bits per heavy atom. The summed E-state index contributed by atoms with van der Waals surface area (Å²) in [6.45, 7) is 4.80. The average molecular weight is 624 g/mol. The number of carbonyl (C=O) groups excluding carboxylic acids is 2. The van der Waals surface area contributed by atoms with Crippen LogP contribution in [0.4, 0.5) is 5.00 Å². The van der Waals surface area contributed by atoms with Crippen molar-refractivity contribution in [2.45, 2.75) is 63.1 Å². The third kappa shape index (κ3) is 7.81. The van der Waals surface area contributed by atoms with Crippen LogP contribution in [-0.4, -0.2) is 46.1 Å². The van der Waals surface area contributed by atoms with Crippen LogP contribution in [0.3, 0.4) is 0 Å². The van der Waals surface area contributed by atoms with E-state index in [0.717, 1.165) is 43.5 Å². The molecule has 8 nitrogen and oxygen atoms in total. The molecule has 2 aromatic heterocycles. The first kappa shape index (κ1) is 30.4. The van der Waals surface area contributed by atoms with Crippen LogP contribution >= 0.6 is 46.3 Å². The van der Waals surface area contributed by atoms with Gasteiger partial charge in [-0.3, -0.25) is 4.79 Å². The van der Waals surface area contributed by atoms with Gasteiger partial charge in [0.25, 0.3) is 0 Å². The van der Waals surface area contributed by atoms with Crippen molar-refractivity contribution in [3.63, 3.8) is 0 Å². The number of hydrogen-bond donors (Lipinski definition) is 1. The molecule has 40 heavy (non-hydrogen) atoms. The van der Waals surface area contributed by atoms with Crippen molar-refractivity contribution in [2.75, 3.05) is 24.8 Å². The number of thiophene rings is 1. The van der Waals surface area contributed by atoms with Crippen molar-refractivity contribution in [3.05, 3.63) is 62.7 Å². The van der Waals surface area contributed by atoms with Crippen LogP contribution in [0.2, 0.25) is 10.0 Å². The summed E-state index contributed by atoms with van der Waals surface area (Å²) < 4.78 is 12.8. The van der Waals surface area contributed by atoms with E-state index in [1.54, 1.807) is 24.3 Å². The van der Waals surface area contributed by atoms with E-state index < -0.39 is 5.97 Å². The van der Waals surface area contributed by atoms with Gasteiger partial charge in [-0.05, 0) is 55.9 Å². The fraction of sp³-hybridized carbons (Fsp3) is 0.429. The molecule has 0 bridgehead atoms. The van der Waals surface area contributed by atoms with Crippen LogP contribution in [0.25, 0.3) is 0 Å². The van der Waals surface area contributed by atoms with Crippen LogP contribution in [0, 0.1) is 0 Å². The summed E-state index contributed by atoms with van der Waals surface area (Å²) in [6.07, 6.45) is 9.27. The molecule has 0 radical (unpaired) electrons. The van der Waals surface area contributed by atoms with Gasteiger partial charge in [0.15, 0.2) is 5.16 Å². The molecule has 0 spiro atoms. The number of benzene rings is 1. The number of thioether (sulfide) groups is 1. The molecule has 1 amide bonds. The normalized spacial score (nSPS) is 13.2. The van der Waals surface area contributed by atoms with Crippen LogP contribution in [0.5, 0.6) is 5.75 Å². The maximum atomic E-state index is 13.0. The molecule has 3 aromatic rings. The summed E-state index contributed by atoms with van der Waals surface area (Å²) in [5.41, 5.74) is 1.53. The minimum atomic E-state index is -0.404. The van der Waals surface area contributed by atoms with E-state index in [2.05, 4.69) is 22.1 Å². The van der Waals surface area contributed by atoms with Crippen molar-refractivity contribution >= 4 is 63.2 Å². The monoisotopic (exact) mass is 622 g/mol. The zero-order valence-electron chi connectivity index (χ0n) is 22.3. The highest BCUT2D eigenvalue weighted by Crippen LogP contribution is 2.37. The van der Waals surface area contributed by atoms with Gasteiger partial charge in [-0.1, -0.05) is 53.9 Å². The largest absolute Gasteiger partial charge is 0.492 e. The molecule has 1 aromatic carbocycles. The number of fused-ring (bicyclic) bond motifs is 1. The number of amides is 1. The summed E-state index contributed by atoms with van der Waals surface area (Å²) in [5, 5.41) is 13.8. The Kier molecular flexibility index (Phi) is 11.3. The van der Waals surface area contributed by atoms with Crippen LogP contribution < -0.4 is 10.1 Å². The molecule has 0 saturated heterocycles. The zero-order chi connectivity index (χ0) is 28.5. The van der Waals surface area contributed by atoms with Crippen molar-refractivity contribution in [2.24, 2.45) is 0 Å². The van der Waals surface area contributed by atoms with Gasteiger partial charge in [-0.25, -0.2) is 4.79 Å². The Hall–Kier alpha value is -2.53. The van der Waals surface area contributed by atoms with Gasteiger partial charge in [-0.15, -0.1) is 28.1 Å². The smallest absolute Gasteiger partial charge is 0.341 e. The second-order valence-electron chi connectivity index (χ2n) is 9.28. The molecule has 1 aliphatic rings. The molecular weight excluding hydrogens is 591 g/mol. The first-order chi connectivity index (χ1) is 19.4.